The molecule has 0 radical (unpaired) electrons. The van der Waals surface area contributed by atoms with Crippen molar-refractivity contribution in [2.45, 2.75) is 26.5 Å². The van der Waals surface area contributed by atoms with E-state index in [2.05, 4.69) is 15.1 Å². The quantitative estimate of drug-likeness (QED) is 0.584. The highest BCUT2D eigenvalue weighted by molar-refractivity contribution is 5.93. The molecular weight excluding hydrogens is 356 g/mol. The van der Waals surface area contributed by atoms with E-state index in [-0.39, 0.29) is 12.1 Å². The molecule has 0 saturated heterocycles. The van der Waals surface area contributed by atoms with Crippen LogP contribution in [0.5, 0.6) is 0 Å². The molecule has 4 rings (SSSR count). The van der Waals surface area contributed by atoms with Gasteiger partial charge >= 0.3 is 0 Å². The molecule has 8 heteroatoms. The average Bonchev–Trinajstić information content (AvgIpc) is 3.10. The summed E-state index contributed by atoms with van der Waals surface area (Å²) in [6, 6.07) is 5.54. The highest BCUT2D eigenvalue weighted by atomic mass is 16.3. The first-order valence-electron chi connectivity index (χ1n) is 8.92. The number of aliphatic hydroxyl groups excluding tert-OH is 1. The second-order valence-electron chi connectivity index (χ2n) is 6.93. The third-order valence-electron chi connectivity index (χ3n) is 4.42. The maximum absolute atomic E-state index is 13.0. The van der Waals surface area contributed by atoms with Crippen molar-refractivity contribution in [3.63, 3.8) is 0 Å². The molecule has 0 bridgehead atoms. The van der Waals surface area contributed by atoms with Crippen molar-refractivity contribution in [3.05, 3.63) is 59.0 Å². The zero-order valence-corrected chi connectivity index (χ0v) is 15.9. The lowest BCUT2D eigenvalue weighted by Crippen LogP contribution is -2.25. The van der Waals surface area contributed by atoms with Crippen LogP contribution in [0.25, 0.3) is 33.5 Å². The highest BCUT2D eigenvalue weighted by Crippen LogP contribution is 2.27. The number of aliphatic hydroxyl groups is 1. The SMILES string of the molecule is Cc1ccc(-c2cc3c(=O)n(C[C@@H](C)O)cnc3c(-c3cnn(C)c3)n2)nc1. The predicted molar refractivity (Wildman–Crippen MR) is 106 cm³/mol. The van der Waals surface area contributed by atoms with E-state index in [0.717, 1.165) is 11.1 Å². The van der Waals surface area contributed by atoms with Crippen LogP contribution in [0, 0.1) is 6.92 Å². The van der Waals surface area contributed by atoms with Crippen molar-refractivity contribution >= 4 is 10.9 Å². The van der Waals surface area contributed by atoms with Crippen LogP contribution in [0.15, 0.2) is 47.9 Å². The monoisotopic (exact) mass is 376 g/mol. The van der Waals surface area contributed by atoms with Crippen LogP contribution in [0.2, 0.25) is 0 Å². The van der Waals surface area contributed by atoms with E-state index >= 15 is 0 Å². The van der Waals surface area contributed by atoms with Crippen LogP contribution < -0.4 is 5.56 Å². The number of hydrogen-bond acceptors (Lipinski definition) is 6. The van der Waals surface area contributed by atoms with Gasteiger partial charge in [-0.05, 0) is 31.5 Å². The van der Waals surface area contributed by atoms with Gasteiger partial charge in [0.2, 0.25) is 0 Å². The van der Waals surface area contributed by atoms with Crippen molar-refractivity contribution in [1.82, 2.24) is 29.3 Å². The van der Waals surface area contributed by atoms with Crippen molar-refractivity contribution in [2.24, 2.45) is 7.05 Å². The second kappa shape index (κ2) is 6.97. The summed E-state index contributed by atoms with van der Waals surface area (Å²) in [5.74, 6) is 0. The summed E-state index contributed by atoms with van der Waals surface area (Å²) in [6.07, 6.45) is 6.08. The fourth-order valence-corrected chi connectivity index (χ4v) is 3.08. The summed E-state index contributed by atoms with van der Waals surface area (Å²) in [6.45, 7) is 3.76. The van der Waals surface area contributed by atoms with Crippen molar-refractivity contribution in [3.8, 4) is 22.6 Å². The van der Waals surface area contributed by atoms with Crippen LogP contribution in [-0.4, -0.2) is 40.5 Å². The van der Waals surface area contributed by atoms with E-state index in [1.807, 2.05) is 32.3 Å². The summed E-state index contributed by atoms with van der Waals surface area (Å²) in [5, 5.41) is 14.3. The van der Waals surface area contributed by atoms with Gasteiger partial charge in [0.15, 0.2) is 0 Å². The molecule has 142 valence electrons. The molecule has 0 aromatic carbocycles. The molecule has 4 aromatic rings. The molecule has 0 aliphatic carbocycles. The van der Waals surface area contributed by atoms with E-state index in [1.165, 1.54) is 10.9 Å². The van der Waals surface area contributed by atoms with Crippen LogP contribution >= 0.6 is 0 Å². The minimum Gasteiger partial charge on any atom is -0.392 e. The molecule has 0 spiro atoms. The van der Waals surface area contributed by atoms with E-state index < -0.39 is 6.10 Å². The Kier molecular flexibility index (Phi) is 4.48. The molecule has 0 fully saturated rings. The minimum absolute atomic E-state index is 0.171. The lowest BCUT2D eigenvalue weighted by atomic mass is 10.1. The van der Waals surface area contributed by atoms with Gasteiger partial charge in [-0.15, -0.1) is 0 Å². The molecule has 1 N–H and O–H groups in total. The maximum Gasteiger partial charge on any atom is 0.261 e. The van der Waals surface area contributed by atoms with Crippen molar-refractivity contribution in [1.29, 1.82) is 0 Å². The van der Waals surface area contributed by atoms with Crippen LogP contribution in [0.3, 0.4) is 0 Å². The van der Waals surface area contributed by atoms with Gasteiger partial charge in [-0.3, -0.25) is 19.0 Å². The van der Waals surface area contributed by atoms with Crippen LogP contribution in [-0.2, 0) is 13.6 Å². The van der Waals surface area contributed by atoms with Crippen molar-refractivity contribution in [2.75, 3.05) is 0 Å². The zero-order chi connectivity index (χ0) is 19.8. The van der Waals surface area contributed by atoms with Crippen LogP contribution in [0.4, 0.5) is 0 Å². The summed E-state index contributed by atoms with van der Waals surface area (Å²) in [4.78, 5) is 26.7. The average molecular weight is 376 g/mol. The Bertz CT molecular complexity index is 1210. The maximum atomic E-state index is 13.0. The molecule has 0 unspecified atom stereocenters. The Labute approximate surface area is 161 Å². The lowest BCUT2D eigenvalue weighted by molar-refractivity contribution is 0.172. The van der Waals surface area contributed by atoms with Gasteiger partial charge in [0.25, 0.3) is 5.56 Å². The standard InChI is InChI=1S/C20H20N6O2/c1-12-4-5-16(21-7-12)17-6-15-19(18(24-17)14-8-23-25(3)10-14)22-11-26(20(15)28)9-13(2)27/h4-8,10-11,13,27H,9H2,1-3H3/t13-/m1/s1. The largest absolute Gasteiger partial charge is 0.392 e. The third-order valence-corrected chi connectivity index (χ3v) is 4.42. The Hall–Kier alpha value is -3.39. The van der Waals surface area contributed by atoms with Gasteiger partial charge in [-0.25, -0.2) is 9.97 Å². The summed E-state index contributed by atoms with van der Waals surface area (Å²) < 4.78 is 3.08. The van der Waals surface area contributed by atoms with E-state index in [1.54, 1.807) is 30.1 Å². The Morgan fingerprint density at radius 3 is 2.64 bits per heavy atom. The van der Waals surface area contributed by atoms with Gasteiger partial charge < -0.3 is 5.11 Å². The fraction of sp³-hybridized carbons (Fsp3) is 0.250. The van der Waals surface area contributed by atoms with Crippen LogP contribution in [0.1, 0.15) is 12.5 Å². The summed E-state index contributed by atoms with van der Waals surface area (Å²) >= 11 is 0. The molecule has 8 nitrogen and oxygen atoms in total. The molecule has 4 heterocycles. The third kappa shape index (κ3) is 3.29. The Morgan fingerprint density at radius 2 is 2.00 bits per heavy atom. The summed E-state index contributed by atoms with van der Waals surface area (Å²) in [7, 11) is 1.82. The highest BCUT2D eigenvalue weighted by Gasteiger charge is 2.16. The number of nitrogens with zero attached hydrogens (tertiary/aromatic N) is 6. The molecular formula is C20H20N6O2. The predicted octanol–water partition coefficient (Wildman–Crippen LogP) is 1.94. The Morgan fingerprint density at radius 1 is 1.18 bits per heavy atom. The van der Waals surface area contributed by atoms with E-state index in [4.69, 9.17) is 4.98 Å². The van der Waals surface area contributed by atoms with Crippen molar-refractivity contribution < 1.29 is 5.11 Å². The number of aryl methyl sites for hydroxylation is 2. The number of fused-ring (bicyclic) bond motifs is 1. The van der Waals surface area contributed by atoms with E-state index in [0.29, 0.717) is 28.0 Å². The van der Waals surface area contributed by atoms with Gasteiger partial charge in [0, 0.05) is 25.0 Å². The normalized spacial score (nSPS) is 12.4. The van der Waals surface area contributed by atoms with Gasteiger partial charge in [-0.1, -0.05) is 6.07 Å². The first kappa shape index (κ1) is 18.0. The topological polar surface area (TPSA) is 98.7 Å². The Balaban J connectivity index is 2.01. The zero-order valence-electron chi connectivity index (χ0n) is 15.9. The number of aromatic nitrogens is 6. The minimum atomic E-state index is -0.658. The second-order valence-corrected chi connectivity index (χ2v) is 6.93. The van der Waals surface area contributed by atoms with Gasteiger partial charge in [-0.2, -0.15) is 5.10 Å². The smallest absolute Gasteiger partial charge is 0.261 e. The molecule has 0 aliphatic rings. The molecule has 0 amide bonds. The molecule has 0 aliphatic heterocycles. The van der Waals surface area contributed by atoms with Gasteiger partial charge in [0.05, 0.1) is 41.9 Å². The fourth-order valence-electron chi connectivity index (χ4n) is 3.08. The number of hydrogen-bond donors (Lipinski definition) is 1. The molecule has 0 saturated carbocycles. The first-order valence-corrected chi connectivity index (χ1v) is 8.92. The molecule has 28 heavy (non-hydrogen) atoms. The van der Waals surface area contributed by atoms with Gasteiger partial charge in [0.1, 0.15) is 11.2 Å². The lowest BCUT2D eigenvalue weighted by Gasteiger charge is -2.11. The number of pyridine rings is 2. The summed E-state index contributed by atoms with van der Waals surface area (Å²) in [5.41, 5.74) is 3.90. The van der Waals surface area contributed by atoms with E-state index in [9.17, 15) is 9.90 Å². The molecule has 4 aromatic heterocycles. The number of rotatable bonds is 4. The first-order chi connectivity index (χ1) is 13.4. The molecule has 1 atom stereocenters.